The summed E-state index contributed by atoms with van der Waals surface area (Å²) in [4.78, 5) is 14.7. The van der Waals surface area contributed by atoms with Crippen LogP contribution in [0.3, 0.4) is 0 Å². The van der Waals surface area contributed by atoms with Crippen molar-refractivity contribution in [3.8, 4) is 0 Å². The molecule has 1 fully saturated rings. The van der Waals surface area contributed by atoms with Gasteiger partial charge in [-0.3, -0.25) is 4.79 Å². The summed E-state index contributed by atoms with van der Waals surface area (Å²) in [6, 6.07) is -1.24. The molecule has 2 rings (SSSR count). The Balaban J connectivity index is 2.38. The molecule has 2 heterocycles. The van der Waals surface area contributed by atoms with E-state index in [4.69, 9.17) is 5.11 Å². The fourth-order valence-electron chi connectivity index (χ4n) is 1.92. The zero-order chi connectivity index (χ0) is 13.5. The highest BCUT2D eigenvalue weighted by molar-refractivity contribution is 7.89. The number of aryl methyl sites for hydroxylation is 1. The Labute approximate surface area is 104 Å². The van der Waals surface area contributed by atoms with Crippen molar-refractivity contribution in [3.05, 3.63) is 12.5 Å². The second-order valence-corrected chi connectivity index (χ2v) is 6.03. The maximum atomic E-state index is 12.2. The lowest BCUT2D eigenvalue weighted by molar-refractivity contribution is -0.140. The molecular formula is C9H13N3O5S. The Hall–Kier alpha value is -1.45. The summed E-state index contributed by atoms with van der Waals surface area (Å²) < 4.78 is 26.6. The summed E-state index contributed by atoms with van der Waals surface area (Å²) in [5.41, 5.74) is 0. The van der Waals surface area contributed by atoms with Gasteiger partial charge in [-0.05, 0) is 0 Å². The monoisotopic (exact) mass is 275 g/mol. The van der Waals surface area contributed by atoms with E-state index in [1.165, 1.54) is 17.1 Å². The minimum Gasteiger partial charge on any atom is -0.480 e. The Morgan fingerprint density at radius 1 is 1.56 bits per heavy atom. The lowest BCUT2D eigenvalue weighted by Gasteiger charge is -2.19. The highest BCUT2D eigenvalue weighted by atomic mass is 32.2. The van der Waals surface area contributed by atoms with Gasteiger partial charge < -0.3 is 14.8 Å². The van der Waals surface area contributed by atoms with Gasteiger partial charge in [0.1, 0.15) is 6.04 Å². The molecule has 2 unspecified atom stereocenters. The molecule has 1 aromatic heterocycles. The number of nitrogens with zero attached hydrogens (tertiary/aromatic N) is 3. The van der Waals surface area contributed by atoms with Crippen LogP contribution in [0.15, 0.2) is 17.6 Å². The highest BCUT2D eigenvalue weighted by Gasteiger charge is 2.44. The molecule has 0 saturated carbocycles. The van der Waals surface area contributed by atoms with Crippen LogP contribution in [-0.4, -0.2) is 57.1 Å². The minimum atomic E-state index is -3.98. The van der Waals surface area contributed by atoms with Crippen molar-refractivity contribution in [2.75, 3.05) is 6.54 Å². The smallest absolute Gasteiger partial charge is 0.322 e. The fraction of sp³-hybridized carbons (Fsp3) is 0.556. The lowest BCUT2D eigenvalue weighted by atomic mass is 10.2. The Morgan fingerprint density at radius 2 is 2.22 bits per heavy atom. The van der Waals surface area contributed by atoms with Gasteiger partial charge in [0.2, 0.25) is 0 Å². The first-order valence-corrected chi connectivity index (χ1v) is 6.67. The number of carboxylic acids is 1. The second-order valence-electron chi connectivity index (χ2n) is 4.20. The topological polar surface area (TPSA) is 113 Å². The molecule has 0 spiro atoms. The minimum absolute atomic E-state index is 0.110. The molecule has 1 aliphatic rings. The lowest BCUT2D eigenvalue weighted by Crippen LogP contribution is -2.40. The number of aliphatic hydroxyl groups is 1. The van der Waals surface area contributed by atoms with Crippen LogP contribution in [0.5, 0.6) is 0 Å². The summed E-state index contributed by atoms with van der Waals surface area (Å²) in [6.45, 7) is -0.226. The molecule has 2 atom stereocenters. The molecule has 2 N–H and O–H groups in total. The zero-order valence-electron chi connectivity index (χ0n) is 9.59. The number of rotatable bonds is 3. The molecule has 0 aromatic carbocycles. The van der Waals surface area contributed by atoms with Crippen LogP contribution in [0.2, 0.25) is 0 Å². The van der Waals surface area contributed by atoms with Gasteiger partial charge >= 0.3 is 5.97 Å². The van der Waals surface area contributed by atoms with Crippen LogP contribution in [0.4, 0.5) is 0 Å². The van der Waals surface area contributed by atoms with Crippen LogP contribution >= 0.6 is 0 Å². The molecule has 1 aromatic rings. The SMILES string of the molecule is Cn1cnc(S(=O)(=O)N2CC(O)CC2C(=O)O)c1. The molecule has 0 bridgehead atoms. The summed E-state index contributed by atoms with van der Waals surface area (Å²) in [6.07, 6.45) is 1.53. The number of carboxylic acid groups (broad SMARTS) is 1. The zero-order valence-corrected chi connectivity index (χ0v) is 10.4. The van der Waals surface area contributed by atoms with E-state index in [0.29, 0.717) is 0 Å². The predicted octanol–water partition coefficient (Wildman–Crippen LogP) is -1.37. The first kappa shape index (κ1) is 13.0. The van der Waals surface area contributed by atoms with E-state index in [9.17, 15) is 18.3 Å². The van der Waals surface area contributed by atoms with E-state index in [0.717, 1.165) is 4.31 Å². The van der Waals surface area contributed by atoms with Crippen LogP contribution in [-0.2, 0) is 21.9 Å². The average molecular weight is 275 g/mol. The molecule has 100 valence electrons. The third kappa shape index (κ3) is 2.11. The van der Waals surface area contributed by atoms with Crippen molar-refractivity contribution in [2.45, 2.75) is 23.6 Å². The molecule has 0 amide bonds. The van der Waals surface area contributed by atoms with E-state index >= 15 is 0 Å². The number of β-amino-alcohol motifs (C(OH)–C–C–N with tert-alkyl or cyclic N) is 1. The first-order chi connectivity index (χ1) is 8.32. The van der Waals surface area contributed by atoms with Gasteiger partial charge in [-0.25, -0.2) is 13.4 Å². The van der Waals surface area contributed by atoms with E-state index in [-0.39, 0.29) is 18.0 Å². The second kappa shape index (κ2) is 4.34. The summed E-state index contributed by atoms with van der Waals surface area (Å²) in [7, 11) is -2.37. The molecule has 0 radical (unpaired) electrons. The van der Waals surface area contributed by atoms with E-state index in [1.807, 2.05) is 0 Å². The van der Waals surface area contributed by atoms with E-state index < -0.39 is 28.1 Å². The number of hydrogen-bond donors (Lipinski definition) is 2. The van der Waals surface area contributed by atoms with Crippen molar-refractivity contribution in [1.29, 1.82) is 0 Å². The van der Waals surface area contributed by atoms with Crippen molar-refractivity contribution >= 4 is 16.0 Å². The van der Waals surface area contributed by atoms with Crippen LogP contribution in [0.1, 0.15) is 6.42 Å². The van der Waals surface area contributed by atoms with E-state index in [1.54, 1.807) is 7.05 Å². The van der Waals surface area contributed by atoms with Crippen molar-refractivity contribution in [3.63, 3.8) is 0 Å². The summed E-state index contributed by atoms with van der Waals surface area (Å²) in [5, 5.41) is 18.2. The van der Waals surface area contributed by atoms with Crippen LogP contribution < -0.4 is 0 Å². The van der Waals surface area contributed by atoms with Gasteiger partial charge in [-0.15, -0.1) is 0 Å². The maximum Gasteiger partial charge on any atom is 0.322 e. The number of aliphatic hydroxyl groups excluding tert-OH is 1. The molecule has 9 heteroatoms. The Bertz CT molecular complexity index is 567. The standard InChI is InChI=1S/C9H13N3O5S/c1-11-4-8(10-5-11)18(16,17)12-3-6(13)2-7(12)9(14)15/h4-7,13H,2-3H2,1H3,(H,14,15). The third-order valence-electron chi connectivity index (χ3n) is 2.77. The number of aliphatic carboxylic acids is 1. The van der Waals surface area contributed by atoms with Gasteiger partial charge in [0.25, 0.3) is 10.0 Å². The van der Waals surface area contributed by atoms with Gasteiger partial charge in [0.15, 0.2) is 5.03 Å². The van der Waals surface area contributed by atoms with Crippen molar-refractivity contribution in [2.24, 2.45) is 7.05 Å². The first-order valence-electron chi connectivity index (χ1n) is 5.23. The average Bonchev–Trinajstić information content (AvgIpc) is 2.84. The third-order valence-corrected chi connectivity index (χ3v) is 4.53. The number of sulfonamides is 1. The molecule has 1 saturated heterocycles. The Morgan fingerprint density at radius 3 is 2.72 bits per heavy atom. The number of carbonyl (C=O) groups is 1. The fourth-order valence-corrected chi connectivity index (χ4v) is 3.52. The van der Waals surface area contributed by atoms with Gasteiger partial charge in [0, 0.05) is 26.2 Å². The van der Waals surface area contributed by atoms with Crippen LogP contribution in [0.25, 0.3) is 0 Å². The molecular weight excluding hydrogens is 262 g/mol. The van der Waals surface area contributed by atoms with Crippen LogP contribution in [0, 0.1) is 0 Å². The van der Waals surface area contributed by atoms with Gasteiger partial charge in [-0.2, -0.15) is 4.31 Å². The predicted molar refractivity (Wildman–Crippen MR) is 59.1 cm³/mol. The molecule has 18 heavy (non-hydrogen) atoms. The molecule has 1 aliphatic heterocycles. The van der Waals surface area contributed by atoms with Gasteiger partial charge in [-0.1, -0.05) is 0 Å². The molecule has 0 aliphatic carbocycles. The van der Waals surface area contributed by atoms with Crippen molar-refractivity contribution in [1.82, 2.24) is 13.9 Å². The normalized spacial score (nSPS) is 25.4. The number of imidazole rings is 1. The maximum absolute atomic E-state index is 12.2. The molecule has 8 nitrogen and oxygen atoms in total. The number of hydrogen-bond acceptors (Lipinski definition) is 5. The number of aromatic nitrogens is 2. The van der Waals surface area contributed by atoms with E-state index in [2.05, 4.69) is 4.98 Å². The largest absolute Gasteiger partial charge is 0.480 e. The van der Waals surface area contributed by atoms with Crippen molar-refractivity contribution < 1.29 is 23.4 Å². The highest BCUT2D eigenvalue weighted by Crippen LogP contribution is 2.25. The Kier molecular flexibility index (Phi) is 3.13. The summed E-state index contributed by atoms with van der Waals surface area (Å²) >= 11 is 0. The summed E-state index contributed by atoms with van der Waals surface area (Å²) in [5.74, 6) is -1.27. The van der Waals surface area contributed by atoms with Gasteiger partial charge in [0.05, 0.1) is 12.4 Å². The quantitative estimate of drug-likeness (QED) is 0.703.